The van der Waals surface area contributed by atoms with Gasteiger partial charge in [0.2, 0.25) is 0 Å². The summed E-state index contributed by atoms with van der Waals surface area (Å²) in [7, 11) is 0. The Morgan fingerprint density at radius 3 is 2.56 bits per heavy atom. The van der Waals surface area contributed by atoms with Crippen LogP contribution >= 0.6 is 12.2 Å². The molecule has 8 heteroatoms. The Morgan fingerprint density at radius 2 is 1.93 bits per heavy atom. The van der Waals surface area contributed by atoms with Gasteiger partial charge in [-0.05, 0) is 36.0 Å². The maximum Gasteiger partial charge on any atom is 0.266 e. The number of carbonyl (C=O) groups excluding carboxylic acids is 3. The summed E-state index contributed by atoms with van der Waals surface area (Å²) in [5.74, 6) is -1.68. The standard InChI is InChI=1S/C19H14N2O5S/c1-2-9-21-17(23)14(16(22)20-19(21)27)10-13-7-8-15(26-13)11-3-5-12(6-4-11)18(24)25/h2-8,10H,1,9H2,(H,24,25)(H,20,22,27)/p-1/b14-10-. The molecule has 0 bridgehead atoms. The van der Waals surface area contributed by atoms with Gasteiger partial charge in [-0.1, -0.05) is 30.3 Å². The molecule has 2 heterocycles. The van der Waals surface area contributed by atoms with Crippen molar-refractivity contribution in [2.24, 2.45) is 0 Å². The smallest absolute Gasteiger partial charge is 0.266 e. The van der Waals surface area contributed by atoms with Crippen molar-refractivity contribution < 1.29 is 23.9 Å². The molecule has 136 valence electrons. The fraction of sp³-hybridized carbons (Fsp3) is 0.0526. The number of amides is 2. The van der Waals surface area contributed by atoms with Gasteiger partial charge in [-0.15, -0.1) is 6.58 Å². The zero-order valence-corrected chi connectivity index (χ0v) is 14.7. The van der Waals surface area contributed by atoms with Crippen molar-refractivity contribution >= 4 is 41.2 Å². The van der Waals surface area contributed by atoms with Crippen molar-refractivity contribution in [3.8, 4) is 11.3 Å². The number of hydrogen-bond donors (Lipinski definition) is 1. The second-order valence-electron chi connectivity index (χ2n) is 5.59. The fourth-order valence-electron chi connectivity index (χ4n) is 2.49. The van der Waals surface area contributed by atoms with Gasteiger partial charge in [-0.25, -0.2) is 0 Å². The predicted molar refractivity (Wildman–Crippen MR) is 99.1 cm³/mol. The highest BCUT2D eigenvalue weighted by Gasteiger charge is 2.32. The van der Waals surface area contributed by atoms with E-state index in [4.69, 9.17) is 16.6 Å². The summed E-state index contributed by atoms with van der Waals surface area (Å²) in [6.45, 7) is 3.73. The lowest BCUT2D eigenvalue weighted by Crippen LogP contribution is -2.53. The molecule has 2 amide bonds. The Labute approximate surface area is 159 Å². The van der Waals surface area contributed by atoms with E-state index in [1.807, 2.05) is 0 Å². The molecule has 27 heavy (non-hydrogen) atoms. The van der Waals surface area contributed by atoms with Crippen LogP contribution < -0.4 is 10.4 Å². The molecule has 1 aliphatic rings. The predicted octanol–water partition coefficient (Wildman–Crippen LogP) is 1.12. The van der Waals surface area contributed by atoms with E-state index in [0.717, 1.165) is 0 Å². The monoisotopic (exact) mass is 381 g/mol. The van der Waals surface area contributed by atoms with Gasteiger partial charge in [0, 0.05) is 12.1 Å². The first-order chi connectivity index (χ1) is 12.9. The number of carbonyl (C=O) groups is 3. The third-order valence-electron chi connectivity index (χ3n) is 3.82. The lowest BCUT2D eigenvalue weighted by atomic mass is 10.1. The van der Waals surface area contributed by atoms with Crippen molar-refractivity contribution in [1.82, 2.24) is 10.2 Å². The number of nitrogens with one attached hydrogen (secondary N) is 1. The van der Waals surface area contributed by atoms with Crippen LogP contribution in [0.25, 0.3) is 17.4 Å². The van der Waals surface area contributed by atoms with Crippen molar-refractivity contribution in [3.63, 3.8) is 0 Å². The second-order valence-corrected chi connectivity index (χ2v) is 5.98. The van der Waals surface area contributed by atoms with Gasteiger partial charge in [0.1, 0.15) is 17.1 Å². The molecule has 1 aromatic carbocycles. The summed E-state index contributed by atoms with van der Waals surface area (Å²) in [5.41, 5.74) is 0.576. The van der Waals surface area contributed by atoms with Crippen LogP contribution in [0.5, 0.6) is 0 Å². The molecule has 1 saturated heterocycles. The van der Waals surface area contributed by atoms with E-state index in [2.05, 4.69) is 11.9 Å². The molecule has 0 spiro atoms. The number of hydrogen-bond acceptors (Lipinski definition) is 6. The number of carboxylic acid groups (broad SMARTS) is 1. The van der Waals surface area contributed by atoms with Crippen LogP contribution in [0.2, 0.25) is 0 Å². The number of thiocarbonyl (C=S) groups is 1. The number of aromatic carboxylic acids is 1. The summed E-state index contributed by atoms with van der Waals surface area (Å²) in [6, 6.07) is 9.19. The molecular formula is C19H13N2O5S-. The largest absolute Gasteiger partial charge is 0.545 e. The number of rotatable bonds is 5. The van der Waals surface area contributed by atoms with Gasteiger partial charge in [-0.2, -0.15) is 0 Å². The summed E-state index contributed by atoms with van der Waals surface area (Å²) in [6.07, 6.45) is 2.83. The normalized spacial score (nSPS) is 15.8. The molecule has 0 saturated carbocycles. The van der Waals surface area contributed by atoms with Gasteiger partial charge in [0.15, 0.2) is 5.11 Å². The molecule has 0 radical (unpaired) electrons. The highest BCUT2D eigenvalue weighted by atomic mass is 32.1. The van der Waals surface area contributed by atoms with Crippen molar-refractivity contribution in [1.29, 1.82) is 0 Å². The summed E-state index contributed by atoms with van der Waals surface area (Å²) in [5, 5.41) is 13.3. The average Bonchev–Trinajstić information content (AvgIpc) is 3.11. The molecule has 1 aromatic heterocycles. The zero-order chi connectivity index (χ0) is 19.6. The van der Waals surface area contributed by atoms with Crippen molar-refractivity contribution in [3.05, 3.63) is 65.9 Å². The van der Waals surface area contributed by atoms with Crippen LogP contribution in [-0.2, 0) is 9.59 Å². The van der Waals surface area contributed by atoms with Crippen LogP contribution in [-0.4, -0.2) is 34.3 Å². The SMILES string of the molecule is C=CCN1C(=O)/C(=C\c2ccc(-c3ccc(C(=O)[O-])cc3)o2)C(=O)NC1=S. The molecule has 0 aliphatic carbocycles. The Hall–Kier alpha value is -3.52. The van der Waals surface area contributed by atoms with Crippen LogP contribution in [0, 0.1) is 0 Å². The molecule has 1 N–H and O–H groups in total. The van der Waals surface area contributed by atoms with Gasteiger partial charge in [-0.3, -0.25) is 19.8 Å². The van der Waals surface area contributed by atoms with E-state index in [-0.39, 0.29) is 22.8 Å². The van der Waals surface area contributed by atoms with Crippen LogP contribution in [0.1, 0.15) is 16.1 Å². The Morgan fingerprint density at radius 1 is 1.22 bits per heavy atom. The first-order valence-electron chi connectivity index (χ1n) is 7.82. The highest BCUT2D eigenvalue weighted by molar-refractivity contribution is 7.80. The lowest BCUT2D eigenvalue weighted by molar-refractivity contribution is -0.255. The maximum atomic E-state index is 12.5. The molecule has 2 aromatic rings. The first-order valence-corrected chi connectivity index (χ1v) is 8.23. The van der Waals surface area contributed by atoms with E-state index in [9.17, 15) is 19.5 Å². The van der Waals surface area contributed by atoms with Crippen molar-refractivity contribution in [2.75, 3.05) is 6.54 Å². The summed E-state index contributed by atoms with van der Waals surface area (Å²) >= 11 is 4.99. The van der Waals surface area contributed by atoms with Gasteiger partial charge in [0.25, 0.3) is 11.8 Å². The van der Waals surface area contributed by atoms with Gasteiger partial charge < -0.3 is 14.3 Å². The van der Waals surface area contributed by atoms with E-state index in [1.165, 1.54) is 29.2 Å². The minimum absolute atomic E-state index is 0.0233. The second kappa shape index (κ2) is 7.38. The van der Waals surface area contributed by atoms with E-state index in [1.54, 1.807) is 24.3 Å². The molecule has 1 fully saturated rings. The molecule has 0 unspecified atom stereocenters. The zero-order valence-electron chi connectivity index (χ0n) is 13.9. The molecule has 1 aliphatic heterocycles. The van der Waals surface area contributed by atoms with Crippen LogP contribution in [0.4, 0.5) is 0 Å². The molecule has 3 rings (SSSR count). The molecule has 0 atom stereocenters. The lowest BCUT2D eigenvalue weighted by Gasteiger charge is -2.27. The highest BCUT2D eigenvalue weighted by Crippen LogP contribution is 2.24. The molecule has 7 nitrogen and oxygen atoms in total. The topological polar surface area (TPSA) is 103 Å². The fourth-order valence-corrected chi connectivity index (χ4v) is 2.74. The number of nitrogens with zero attached hydrogens (tertiary/aromatic N) is 1. The Balaban J connectivity index is 1.88. The summed E-state index contributed by atoms with van der Waals surface area (Å²) in [4.78, 5) is 36.6. The average molecular weight is 381 g/mol. The van der Waals surface area contributed by atoms with Crippen LogP contribution in [0.3, 0.4) is 0 Å². The van der Waals surface area contributed by atoms with Gasteiger partial charge in [0.05, 0.1) is 5.97 Å². The minimum Gasteiger partial charge on any atom is -0.545 e. The number of benzene rings is 1. The van der Waals surface area contributed by atoms with E-state index < -0.39 is 17.8 Å². The first kappa shape index (κ1) is 18.3. The minimum atomic E-state index is -1.27. The third-order valence-corrected chi connectivity index (χ3v) is 4.14. The van der Waals surface area contributed by atoms with Crippen LogP contribution in [0.15, 0.2) is 59.0 Å². The van der Waals surface area contributed by atoms with E-state index in [0.29, 0.717) is 17.1 Å². The van der Waals surface area contributed by atoms with E-state index >= 15 is 0 Å². The van der Waals surface area contributed by atoms with Gasteiger partial charge >= 0.3 is 0 Å². The quantitative estimate of drug-likeness (QED) is 0.360. The Kier molecular flexibility index (Phi) is 5.00. The number of furan rings is 1. The third kappa shape index (κ3) is 3.70. The Bertz CT molecular complexity index is 988. The summed E-state index contributed by atoms with van der Waals surface area (Å²) < 4.78 is 5.65. The maximum absolute atomic E-state index is 12.5. The number of carboxylic acids is 1. The van der Waals surface area contributed by atoms with Crippen molar-refractivity contribution in [2.45, 2.75) is 0 Å². The molecular weight excluding hydrogens is 368 g/mol.